The summed E-state index contributed by atoms with van der Waals surface area (Å²) >= 11 is 0. The van der Waals surface area contributed by atoms with Gasteiger partial charge in [-0.15, -0.1) is 0 Å². The minimum Gasteiger partial charge on any atom is -0.392 e. The SMILES string of the molecule is CCN(CC)C(=O)c1cccc(NC2CC(O)C2(C)C)c1. The largest absolute Gasteiger partial charge is 0.392 e. The number of aliphatic hydroxyl groups excluding tert-OH is 1. The molecule has 2 rings (SSSR count). The van der Waals surface area contributed by atoms with Crippen molar-refractivity contribution >= 4 is 11.6 Å². The lowest BCUT2D eigenvalue weighted by Gasteiger charge is -2.49. The number of nitrogens with zero attached hydrogens (tertiary/aromatic N) is 1. The second kappa shape index (κ2) is 6.06. The van der Waals surface area contributed by atoms with Gasteiger partial charge in [0.25, 0.3) is 5.91 Å². The molecule has 1 aromatic carbocycles. The molecule has 0 aromatic heterocycles. The maximum Gasteiger partial charge on any atom is 0.253 e. The highest BCUT2D eigenvalue weighted by Gasteiger charge is 2.47. The van der Waals surface area contributed by atoms with Gasteiger partial charge in [0, 0.05) is 35.8 Å². The van der Waals surface area contributed by atoms with Gasteiger partial charge in [0.15, 0.2) is 0 Å². The maximum atomic E-state index is 12.4. The second-order valence-electron chi connectivity index (χ2n) is 6.33. The molecule has 0 aliphatic heterocycles. The van der Waals surface area contributed by atoms with Crippen molar-refractivity contribution in [2.24, 2.45) is 5.41 Å². The van der Waals surface area contributed by atoms with E-state index in [0.717, 1.165) is 25.2 Å². The fourth-order valence-electron chi connectivity index (χ4n) is 2.78. The Labute approximate surface area is 127 Å². The lowest BCUT2D eigenvalue weighted by atomic mass is 9.64. The zero-order chi connectivity index (χ0) is 15.6. The van der Waals surface area contributed by atoms with Gasteiger partial charge in [-0.3, -0.25) is 4.79 Å². The number of benzene rings is 1. The smallest absolute Gasteiger partial charge is 0.253 e. The van der Waals surface area contributed by atoms with Gasteiger partial charge in [-0.1, -0.05) is 19.9 Å². The van der Waals surface area contributed by atoms with Crippen molar-refractivity contribution in [1.29, 1.82) is 0 Å². The molecule has 4 heteroatoms. The van der Waals surface area contributed by atoms with E-state index in [1.807, 2.05) is 43.0 Å². The number of carbonyl (C=O) groups is 1. The van der Waals surface area contributed by atoms with Crippen LogP contribution < -0.4 is 5.32 Å². The molecule has 1 saturated carbocycles. The monoisotopic (exact) mass is 290 g/mol. The number of anilines is 1. The fraction of sp³-hybridized carbons (Fsp3) is 0.588. The Hall–Kier alpha value is -1.55. The number of carbonyl (C=O) groups excluding carboxylic acids is 1. The van der Waals surface area contributed by atoms with Crippen LogP contribution in [0.3, 0.4) is 0 Å². The molecular weight excluding hydrogens is 264 g/mol. The zero-order valence-corrected chi connectivity index (χ0v) is 13.4. The van der Waals surface area contributed by atoms with Crippen LogP contribution >= 0.6 is 0 Å². The average molecular weight is 290 g/mol. The number of amides is 1. The summed E-state index contributed by atoms with van der Waals surface area (Å²) < 4.78 is 0. The van der Waals surface area contributed by atoms with Gasteiger partial charge in [-0.05, 0) is 38.5 Å². The predicted molar refractivity (Wildman–Crippen MR) is 85.5 cm³/mol. The number of aliphatic hydroxyl groups is 1. The first-order valence-electron chi connectivity index (χ1n) is 7.74. The van der Waals surface area contributed by atoms with E-state index in [-0.39, 0.29) is 23.5 Å². The van der Waals surface area contributed by atoms with Crippen molar-refractivity contribution in [3.63, 3.8) is 0 Å². The molecule has 2 unspecified atom stereocenters. The van der Waals surface area contributed by atoms with Gasteiger partial charge in [0.1, 0.15) is 0 Å². The van der Waals surface area contributed by atoms with Crippen LogP contribution in [0.4, 0.5) is 5.69 Å². The molecule has 1 fully saturated rings. The van der Waals surface area contributed by atoms with E-state index in [1.54, 1.807) is 0 Å². The third-order valence-electron chi connectivity index (χ3n) is 4.72. The average Bonchev–Trinajstić information content (AvgIpc) is 2.48. The topological polar surface area (TPSA) is 52.6 Å². The molecule has 2 atom stereocenters. The van der Waals surface area contributed by atoms with E-state index >= 15 is 0 Å². The minimum absolute atomic E-state index is 0.0663. The summed E-state index contributed by atoms with van der Waals surface area (Å²) in [5, 5.41) is 13.2. The Morgan fingerprint density at radius 3 is 2.57 bits per heavy atom. The summed E-state index contributed by atoms with van der Waals surface area (Å²) in [6.45, 7) is 9.53. The lowest BCUT2D eigenvalue weighted by molar-refractivity contribution is -0.0510. The third-order valence-corrected chi connectivity index (χ3v) is 4.72. The Morgan fingerprint density at radius 1 is 1.38 bits per heavy atom. The molecule has 21 heavy (non-hydrogen) atoms. The number of hydrogen-bond acceptors (Lipinski definition) is 3. The summed E-state index contributed by atoms with van der Waals surface area (Å²) in [4.78, 5) is 14.2. The molecule has 0 bridgehead atoms. The molecule has 2 N–H and O–H groups in total. The second-order valence-corrected chi connectivity index (χ2v) is 6.33. The van der Waals surface area contributed by atoms with Crippen LogP contribution in [0.15, 0.2) is 24.3 Å². The third kappa shape index (κ3) is 3.05. The Kier molecular flexibility index (Phi) is 4.57. The van der Waals surface area contributed by atoms with Crippen LogP contribution in [0.25, 0.3) is 0 Å². The summed E-state index contributed by atoms with van der Waals surface area (Å²) in [7, 11) is 0. The highest BCUT2D eigenvalue weighted by atomic mass is 16.3. The van der Waals surface area contributed by atoms with Crippen LogP contribution in [0.1, 0.15) is 44.5 Å². The molecule has 0 heterocycles. The van der Waals surface area contributed by atoms with Crippen molar-refractivity contribution in [2.75, 3.05) is 18.4 Å². The van der Waals surface area contributed by atoms with Gasteiger partial charge >= 0.3 is 0 Å². The van der Waals surface area contributed by atoms with Gasteiger partial charge in [-0.2, -0.15) is 0 Å². The van der Waals surface area contributed by atoms with Crippen LogP contribution in [0.5, 0.6) is 0 Å². The number of nitrogens with one attached hydrogen (secondary N) is 1. The van der Waals surface area contributed by atoms with Gasteiger partial charge in [0.2, 0.25) is 0 Å². The summed E-state index contributed by atoms with van der Waals surface area (Å²) in [5.74, 6) is 0.0663. The van der Waals surface area contributed by atoms with E-state index in [9.17, 15) is 9.90 Å². The van der Waals surface area contributed by atoms with Crippen molar-refractivity contribution < 1.29 is 9.90 Å². The van der Waals surface area contributed by atoms with Crippen LogP contribution in [-0.4, -0.2) is 41.1 Å². The Bertz CT molecular complexity index is 509. The van der Waals surface area contributed by atoms with Crippen LogP contribution in [-0.2, 0) is 0 Å². The maximum absolute atomic E-state index is 12.4. The molecule has 0 radical (unpaired) electrons. The van der Waals surface area contributed by atoms with Crippen molar-refractivity contribution in [2.45, 2.75) is 46.3 Å². The van der Waals surface area contributed by atoms with Crippen LogP contribution in [0, 0.1) is 5.41 Å². The van der Waals surface area contributed by atoms with Crippen molar-refractivity contribution in [3.8, 4) is 0 Å². The molecule has 1 aromatic rings. The van der Waals surface area contributed by atoms with Crippen LogP contribution in [0.2, 0.25) is 0 Å². The van der Waals surface area contributed by atoms with Crippen molar-refractivity contribution in [3.05, 3.63) is 29.8 Å². The van der Waals surface area contributed by atoms with E-state index in [4.69, 9.17) is 0 Å². The standard InChI is InChI=1S/C17H26N2O2/c1-5-19(6-2)16(21)12-8-7-9-13(10-12)18-14-11-15(20)17(14,3)4/h7-10,14-15,18,20H,5-6,11H2,1-4H3. The quantitative estimate of drug-likeness (QED) is 0.876. The van der Waals surface area contributed by atoms with Crippen molar-refractivity contribution in [1.82, 2.24) is 4.90 Å². The van der Waals surface area contributed by atoms with E-state index in [1.165, 1.54) is 0 Å². The molecular formula is C17H26N2O2. The first-order valence-corrected chi connectivity index (χ1v) is 7.74. The first-order chi connectivity index (χ1) is 9.90. The van der Waals surface area contributed by atoms with Gasteiger partial charge in [0.05, 0.1) is 6.10 Å². The molecule has 1 amide bonds. The van der Waals surface area contributed by atoms with Gasteiger partial charge < -0.3 is 15.3 Å². The lowest BCUT2D eigenvalue weighted by Crippen LogP contribution is -2.56. The minimum atomic E-state index is -0.254. The van der Waals surface area contributed by atoms with E-state index in [2.05, 4.69) is 19.2 Å². The zero-order valence-electron chi connectivity index (χ0n) is 13.4. The van der Waals surface area contributed by atoms with E-state index in [0.29, 0.717) is 5.56 Å². The molecule has 4 nitrogen and oxygen atoms in total. The molecule has 1 aliphatic rings. The Morgan fingerprint density at radius 2 is 2.05 bits per heavy atom. The normalized spacial score (nSPS) is 23.3. The van der Waals surface area contributed by atoms with E-state index < -0.39 is 0 Å². The van der Waals surface area contributed by atoms with Gasteiger partial charge in [-0.25, -0.2) is 0 Å². The molecule has 116 valence electrons. The first kappa shape index (κ1) is 15.8. The summed E-state index contributed by atoms with van der Waals surface area (Å²) in [5.41, 5.74) is 1.53. The highest BCUT2D eigenvalue weighted by Crippen LogP contribution is 2.42. The summed E-state index contributed by atoms with van der Waals surface area (Å²) in [6.07, 6.45) is 0.497. The fourth-order valence-corrected chi connectivity index (χ4v) is 2.78. The molecule has 0 saturated heterocycles. The molecule has 0 spiro atoms. The number of rotatable bonds is 5. The summed E-state index contributed by atoms with van der Waals surface area (Å²) in [6, 6.07) is 7.88. The number of hydrogen-bond donors (Lipinski definition) is 2. The highest BCUT2D eigenvalue weighted by molar-refractivity contribution is 5.95. The Balaban J connectivity index is 2.10. The predicted octanol–water partition coefficient (Wildman–Crippen LogP) is 2.74. The molecule has 1 aliphatic carbocycles.